The lowest BCUT2D eigenvalue weighted by Crippen LogP contribution is -2.05. The SMILES string of the molecule is Cc1csc(-c2nccc(=O)[nH]2)n1. The molecule has 2 rings (SSSR count). The molecule has 1 N–H and O–H groups in total. The first-order chi connectivity index (χ1) is 6.25. The molecule has 2 aromatic rings. The second-order valence-corrected chi connectivity index (χ2v) is 3.43. The van der Waals surface area contributed by atoms with E-state index < -0.39 is 0 Å². The first-order valence-corrected chi connectivity index (χ1v) is 4.61. The van der Waals surface area contributed by atoms with Crippen LogP contribution >= 0.6 is 11.3 Å². The van der Waals surface area contributed by atoms with E-state index in [-0.39, 0.29) is 5.56 Å². The minimum Gasteiger partial charge on any atom is -0.305 e. The highest BCUT2D eigenvalue weighted by molar-refractivity contribution is 7.13. The Hall–Kier alpha value is -1.49. The molecular formula is C8H7N3OS. The van der Waals surface area contributed by atoms with Crippen molar-refractivity contribution in [2.24, 2.45) is 0 Å². The van der Waals surface area contributed by atoms with Crippen LogP contribution in [0.3, 0.4) is 0 Å². The molecule has 5 heteroatoms. The van der Waals surface area contributed by atoms with Gasteiger partial charge in [0.2, 0.25) is 0 Å². The van der Waals surface area contributed by atoms with Gasteiger partial charge in [-0.1, -0.05) is 0 Å². The van der Waals surface area contributed by atoms with E-state index >= 15 is 0 Å². The van der Waals surface area contributed by atoms with Crippen LogP contribution < -0.4 is 5.56 Å². The number of nitrogens with zero attached hydrogens (tertiary/aromatic N) is 2. The molecule has 0 saturated heterocycles. The van der Waals surface area contributed by atoms with E-state index in [1.165, 1.54) is 23.6 Å². The van der Waals surface area contributed by atoms with Crippen molar-refractivity contribution < 1.29 is 0 Å². The van der Waals surface area contributed by atoms with Gasteiger partial charge >= 0.3 is 0 Å². The van der Waals surface area contributed by atoms with Gasteiger partial charge in [0.25, 0.3) is 5.56 Å². The van der Waals surface area contributed by atoms with Gasteiger partial charge in [0.15, 0.2) is 10.8 Å². The fraction of sp³-hybridized carbons (Fsp3) is 0.125. The molecule has 13 heavy (non-hydrogen) atoms. The molecule has 0 aromatic carbocycles. The van der Waals surface area contributed by atoms with Crippen LogP contribution in [-0.2, 0) is 0 Å². The van der Waals surface area contributed by atoms with Crippen molar-refractivity contribution in [1.29, 1.82) is 0 Å². The average Bonchev–Trinajstić information content (AvgIpc) is 2.52. The van der Waals surface area contributed by atoms with Crippen molar-refractivity contribution in [3.8, 4) is 10.8 Å². The molecule has 0 aliphatic rings. The van der Waals surface area contributed by atoms with E-state index in [9.17, 15) is 4.79 Å². The molecule has 0 bridgehead atoms. The first-order valence-electron chi connectivity index (χ1n) is 3.73. The molecule has 4 nitrogen and oxygen atoms in total. The third-order valence-corrected chi connectivity index (χ3v) is 2.46. The van der Waals surface area contributed by atoms with Crippen molar-refractivity contribution >= 4 is 11.3 Å². The minimum atomic E-state index is -0.155. The van der Waals surface area contributed by atoms with E-state index in [2.05, 4.69) is 15.0 Å². The lowest BCUT2D eigenvalue weighted by molar-refractivity contribution is 1.11. The molecule has 0 aliphatic carbocycles. The van der Waals surface area contributed by atoms with Crippen molar-refractivity contribution in [3.05, 3.63) is 33.7 Å². The number of thiazole rings is 1. The minimum absolute atomic E-state index is 0.155. The van der Waals surface area contributed by atoms with E-state index in [0.717, 1.165) is 10.7 Å². The lowest BCUT2D eigenvalue weighted by Gasteiger charge is -1.91. The number of aromatic nitrogens is 3. The maximum Gasteiger partial charge on any atom is 0.251 e. The zero-order valence-corrected chi connectivity index (χ0v) is 7.76. The Morgan fingerprint density at radius 1 is 1.54 bits per heavy atom. The third kappa shape index (κ3) is 1.65. The Bertz CT molecular complexity index is 474. The van der Waals surface area contributed by atoms with E-state index in [4.69, 9.17) is 0 Å². The fourth-order valence-electron chi connectivity index (χ4n) is 0.942. The van der Waals surface area contributed by atoms with Crippen molar-refractivity contribution in [1.82, 2.24) is 15.0 Å². The average molecular weight is 193 g/mol. The van der Waals surface area contributed by atoms with Crippen molar-refractivity contribution in [3.63, 3.8) is 0 Å². The van der Waals surface area contributed by atoms with Crippen molar-refractivity contribution in [2.45, 2.75) is 6.92 Å². The highest BCUT2D eigenvalue weighted by Crippen LogP contribution is 2.17. The van der Waals surface area contributed by atoms with Crippen LogP contribution in [0.4, 0.5) is 0 Å². The largest absolute Gasteiger partial charge is 0.305 e. The number of hydrogen-bond acceptors (Lipinski definition) is 4. The Morgan fingerprint density at radius 2 is 2.38 bits per heavy atom. The summed E-state index contributed by atoms with van der Waals surface area (Å²) in [5.74, 6) is 0.533. The van der Waals surface area contributed by atoms with Gasteiger partial charge in [0, 0.05) is 23.3 Å². The van der Waals surface area contributed by atoms with E-state index in [0.29, 0.717) is 5.82 Å². The van der Waals surface area contributed by atoms with Gasteiger partial charge in [-0.25, -0.2) is 9.97 Å². The number of H-pyrrole nitrogens is 1. The molecular weight excluding hydrogens is 186 g/mol. The van der Waals surface area contributed by atoms with Crippen LogP contribution in [0.15, 0.2) is 22.4 Å². The van der Waals surface area contributed by atoms with Gasteiger partial charge in [-0.15, -0.1) is 11.3 Å². The van der Waals surface area contributed by atoms with Crippen molar-refractivity contribution in [2.75, 3.05) is 0 Å². The number of aryl methyl sites for hydroxylation is 1. The number of rotatable bonds is 1. The summed E-state index contributed by atoms with van der Waals surface area (Å²) in [6.45, 7) is 1.90. The number of aromatic amines is 1. The summed E-state index contributed by atoms with van der Waals surface area (Å²) in [7, 11) is 0. The van der Waals surface area contributed by atoms with Gasteiger partial charge in [-0.3, -0.25) is 4.79 Å². The van der Waals surface area contributed by atoms with Crippen LogP contribution in [0, 0.1) is 6.92 Å². The molecule has 2 aromatic heterocycles. The summed E-state index contributed by atoms with van der Waals surface area (Å²) in [6, 6.07) is 1.38. The second kappa shape index (κ2) is 3.10. The fourth-order valence-corrected chi connectivity index (χ4v) is 1.69. The Balaban J connectivity index is 2.52. The van der Waals surface area contributed by atoms with Crippen LogP contribution in [0.5, 0.6) is 0 Å². The summed E-state index contributed by atoms with van der Waals surface area (Å²) in [5, 5.41) is 2.66. The standard InChI is InChI=1S/C8H7N3OS/c1-5-4-13-8(10-5)7-9-3-2-6(12)11-7/h2-4H,1H3,(H,9,11,12). The molecule has 0 amide bonds. The molecule has 66 valence electrons. The summed E-state index contributed by atoms with van der Waals surface area (Å²) >= 11 is 1.47. The summed E-state index contributed by atoms with van der Waals surface area (Å²) < 4.78 is 0. The van der Waals surface area contributed by atoms with Gasteiger partial charge in [0.05, 0.1) is 0 Å². The summed E-state index contributed by atoms with van der Waals surface area (Å²) in [4.78, 5) is 21.8. The number of nitrogens with one attached hydrogen (secondary N) is 1. The van der Waals surface area contributed by atoms with Crippen LogP contribution in [0.2, 0.25) is 0 Å². The third-order valence-electron chi connectivity index (χ3n) is 1.49. The second-order valence-electron chi connectivity index (χ2n) is 2.58. The molecule has 0 aliphatic heterocycles. The maximum atomic E-state index is 11.0. The maximum absolute atomic E-state index is 11.0. The Kier molecular flexibility index (Phi) is 1.94. The smallest absolute Gasteiger partial charge is 0.251 e. The van der Waals surface area contributed by atoms with Crippen LogP contribution in [0.25, 0.3) is 10.8 Å². The molecule has 0 radical (unpaired) electrons. The van der Waals surface area contributed by atoms with Crippen LogP contribution in [0.1, 0.15) is 5.69 Å². The quantitative estimate of drug-likeness (QED) is 0.740. The monoisotopic (exact) mass is 193 g/mol. The van der Waals surface area contributed by atoms with Gasteiger partial charge < -0.3 is 4.98 Å². The predicted molar refractivity (Wildman–Crippen MR) is 50.7 cm³/mol. The van der Waals surface area contributed by atoms with Gasteiger partial charge in [-0.05, 0) is 6.92 Å². The number of hydrogen-bond donors (Lipinski definition) is 1. The molecule has 0 saturated carbocycles. The Morgan fingerprint density at radius 3 is 3.00 bits per heavy atom. The first kappa shape index (κ1) is 8.12. The van der Waals surface area contributed by atoms with Gasteiger partial charge in [-0.2, -0.15) is 0 Å². The zero-order chi connectivity index (χ0) is 9.26. The topological polar surface area (TPSA) is 58.6 Å². The zero-order valence-electron chi connectivity index (χ0n) is 6.94. The highest BCUT2D eigenvalue weighted by atomic mass is 32.1. The molecule has 2 heterocycles. The molecule has 0 spiro atoms. The lowest BCUT2D eigenvalue weighted by atomic mass is 10.5. The summed E-state index contributed by atoms with van der Waals surface area (Å²) in [5.41, 5.74) is 0.782. The summed E-state index contributed by atoms with van der Waals surface area (Å²) in [6.07, 6.45) is 1.48. The molecule has 0 atom stereocenters. The Labute approximate surface area is 78.3 Å². The predicted octanol–water partition coefficient (Wildman–Crippen LogP) is 1.20. The normalized spacial score (nSPS) is 10.2. The molecule has 0 fully saturated rings. The molecule has 0 unspecified atom stereocenters. The van der Waals surface area contributed by atoms with E-state index in [1.54, 1.807) is 0 Å². The van der Waals surface area contributed by atoms with Crippen LogP contribution in [-0.4, -0.2) is 15.0 Å². The highest BCUT2D eigenvalue weighted by Gasteiger charge is 2.03. The van der Waals surface area contributed by atoms with E-state index in [1.807, 2.05) is 12.3 Å². The van der Waals surface area contributed by atoms with Gasteiger partial charge in [0.1, 0.15) is 0 Å².